The van der Waals surface area contributed by atoms with E-state index in [4.69, 9.17) is 4.74 Å². The molecule has 7 rings (SSSR count). The van der Waals surface area contributed by atoms with Gasteiger partial charge in [0.15, 0.2) is 11.7 Å². The molecule has 0 saturated carbocycles. The number of benzene rings is 3. The SMILES string of the molecule is COC(=O)C(CCSCCCCCCCC(=O)NCc1ccc(-c2c3ncn(CC4(O)CCN(C(=O)C[C@@H](C)c5ccccc5)CC4)c(=O)c3nn2C)cc1)NC(=O)NC1=CN(CC(C)C)C(O)c2ccccc21. The van der Waals surface area contributed by atoms with Crippen LogP contribution in [-0.2, 0) is 39.3 Å². The Hall–Kier alpha value is -6.50. The van der Waals surface area contributed by atoms with E-state index < -0.39 is 29.9 Å². The Morgan fingerprint density at radius 3 is 2.32 bits per heavy atom. The van der Waals surface area contributed by atoms with Crippen LogP contribution in [-0.4, -0.2) is 113 Å². The number of piperidine rings is 1. The minimum atomic E-state index is -1.16. The second kappa shape index (κ2) is 26.1. The Labute approximate surface area is 438 Å². The first kappa shape index (κ1) is 55.3. The van der Waals surface area contributed by atoms with Crippen molar-refractivity contribution in [3.63, 3.8) is 0 Å². The predicted octanol–water partition coefficient (Wildman–Crippen LogP) is 7.23. The van der Waals surface area contributed by atoms with Gasteiger partial charge in [0, 0.05) is 69.0 Å². The normalized spacial score (nSPS) is 16.1. The molecule has 4 amide bonds. The Balaban J connectivity index is 0.773. The molecule has 2 aliphatic heterocycles. The summed E-state index contributed by atoms with van der Waals surface area (Å²) in [6.07, 6.45) is 9.14. The number of carbonyl (C=O) groups is 4. The van der Waals surface area contributed by atoms with Gasteiger partial charge in [0.2, 0.25) is 11.8 Å². The van der Waals surface area contributed by atoms with E-state index in [-0.39, 0.29) is 41.3 Å². The molecule has 17 nitrogen and oxygen atoms in total. The zero-order chi connectivity index (χ0) is 52.8. The molecule has 5 aromatic rings. The number of aliphatic hydroxyl groups is 2. The lowest BCUT2D eigenvalue weighted by Gasteiger charge is -2.38. The summed E-state index contributed by atoms with van der Waals surface area (Å²) in [5, 5.41) is 35.7. The molecule has 0 aliphatic carbocycles. The van der Waals surface area contributed by atoms with Crippen LogP contribution in [0.15, 0.2) is 96.2 Å². The third-order valence-electron chi connectivity index (χ3n) is 13.9. The highest BCUT2D eigenvalue weighted by molar-refractivity contribution is 7.99. The number of aromatic nitrogens is 4. The molecule has 2 unspecified atom stereocenters. The average molecular weight is 1030 g/mol. The van der Waals surface area contributed by atoms with E-state index >= 15 is 0 Å². The van der Waals surface area contributed by atoms with Gasteiger partial charge >= 0.3 is 12.0 Å². The van der Waals surface area contributed by atoms with Gasteiger partial charge in [0.25, 0.3) is 5.56 Å². The van der Waals surface area contributed by atoms with Crippen LogP contribution in [0.25, 0.3) is 28.0 Å². The fraction of sp³-hybridized carbons (Fsp3) is 0.482. The minimum Gasteiger partial charge on any atom is -0.467 e. The second-order valence-corrected chi connectivity index (χ2v) is 21.4. The maximum atomic E-state index is 13.7. The van der Waals surface area contributed by atoms with Gasteiger partial charge in [-0.1, -0.05) is 119 Å². The number of ether oxygens (including phenoxy) is 1. The fourth-order valence-electron chi connectivity index (χ4n) is 9.70. The van der Waals surface area contributed by atoms with Gasteiger partial charge in [0.05, 0.1) is 37.0 Å². The Kier molecular flexibility index (Phi) is 19.5. The second-order valence-electron chi connectivity index (χ2n) is 20.1. The lowest BCUT2D eigenvalue weighted by Crippen LogP contribution is -2.49. The predicted molar refractivity (Wildman–Crippen MR) is 288 cm³/mol. The number of hydrogen-bond donors (Lipinski definition) is 5. The van der Waals surface area contributed by atoms with E-state index in [2.05, 4.69) is 39.9 Å². The van der Waals surface area contributed by atoms with E-state index in [9.17, 15) is 34.2 Å². The molecule has 1 saturated heterocycles. The van der Waals surface area contributed by atoms with Crippen molar-refractivity contribution < 1.29 is 34.1 Å². The number of aliphatic hydroxyl groups excluding tert-OH is 1. The van der Waals surface area contributed by atoms with E-state index in [1.807, 2.05) is 90.7 Å². The molecule has 5 N–H and O–H groups in total. The summed E-state index contributed by atoms with van der Waals surface area (Å²) in [6.45, 7) is 8.03. The Morgan fingerprint density at radius 1 is 0.892 bits per heavy atom. The smallest absolute Gasteiger partial charge is 0.328 e. The third kappa shape index (κ3) is 14.6. The molecule has 0 bridgehead atoms. The molecule has 18 heteroatoms. The van der Waals surface area contributed by atoms with Gasteiger partial charge in [-0.3, -0.25) is 23.6 Å². The van der Waals surface area contributed by atoms with Crippen LogP contribution in [0.2, 0.25) is 0 Å². The molecule has 74 heavy (non-hydrogen) atoms. The van der Waals surface area contributed by atoms with E-state index in [0.717, 1.165) is 60.1 Å². The van der Waals surface area contributed by atoms with Crippen LogP contribution in [0.1, 0.15) is 119 Å². The van der Waals surface area contributed by atoms with Crippen molar-refractivity contribution in [1.29, 1.82) is 0 Å². The maximum absolute atomic E-state index is 13.7. The van der Waals surface area contributed by atoms with Crippen molar-refractivity contribution in [2.45, 2.75) is 122 Å². The van der Waals surface area contributed by atoms with Gasteiger partial charge in [-0.15, -0.1) is 0 Å². The number of methoxy groups -OCH3 is 1. The van der Waals surface area contributed by atoms with Crippen molar-refractivity contribution >= 4 is 52.3 Å². The van der Waals surface area contributed by atoms with Gasteiger partial charge < -0.3 is 40.7 Å². The van der Waals surface area contributed by atoms with Crippen molar-refractivity contribution in [1.82, 2.24) is 45.1 Å². The van der Waals surface area contributed by atoms with Crippen molar-refractivity contribution in [3.8, 4) is 11.3 Å². The fourth-order valence-corrected chi connectivity index (χ4v) is 10.7. The number of aryl methyl sites for hydroxylation is 1. The molecule has 0 radical (unpaired) electrons. The number of nitrogens with zero attached hydrogens (tertiary/aromatic N) is 6. The van der Waals surface area contributed by atoms with Crippen LogP contribution in [0.3, 0.4) is 0 Å². The highest BCUT2D eigenvalue weighted by Crippen LogP contribution is 2.33. The maximum Gasteiger partial charge on any atom is 0.328 e. The van der Waals surface area contributed by atoms with Crippen molar-refractivity contribution in [2.24, 2.45) is 13.0 Å². The van der Waals surface area contributed by atoms with Crippen LogP contribution in [0, 0.1) is 5.92 Å². The Bertz CT molecular complexity index is 2790. The molecule has 0 spiro atoms. The minimum absolute atomic E-state index is 0.00505. The van der Waals surface area contributed by atoms with Gasteiger partial charge in [-0.25, -0.2) is 14.6 Å². The number of likely N-dealkylation sites (tertiary alicyclic amines) is 1. The number of urea groups is 1. The molecule has 396 valence electrons. The van der Waals surface area contributed by atoms with E-state index in [1.165, 1.54) is 18.0 Å². The van der Waals surface area contributed by atoms with Crippen LogP contribution in [0.4, 0.5) is 4.79 Å². The quantitative estimate of drug-likeness (QED) is 0.0306. The first-order valence-corrected chi connectivity index (χ1v) is 27.1. The molecule has 3 aromatic carbocycles. The third-order valence-corrected chi connectivity index (χ3v) is 15.0. The highest BCUT2D eigenvalue weighted by Gasteiger charge is 2.36. The topological polar surface area (TPSA) is 213 Å². The summed E-state index contributed by atoms with van der Waals surface area (Å²) in [5.41, 5.74) is 4.70. The molecular formula is C56H73N9O8S. The van der Waals surface area contributed by atoms with Crippen LogP contribution in [0.5, 0.6) is 0 Å². The van der Waals surface area contributed by atoms with E-state index in [1.54, 1.807) is 34.6 Å². The van der Waals surface area contributed by atoms with Gasteiger partial charge in [-0.05, 0) is 66.6 Å². The number of fused-ring (bicyclic) bond motifs is 2. The molecule has 3 atom stereocenters. The lowest BCUT2D eigenvalue weighted by molar-refractivity contribution is -0.143. The monoisotopic (exact) mass is 1030 g/mol. The number of nitrogens with one attached hydrogen (secondary N) is 3. The first-order valence-electron chi connectivity index (χ1n) is 25.9. The zero-order valence-electron chi connectivity index (χ0n) is 43.4. The summed E-state index contributed by atoms with van der Waals surface area (Å²) < 4.78 is 8.06. The number of esters is 1. The zero-order valence-corrected chi connectivity index (χ0v) is 44.2. The molecule has 2 aromatic heterocycles. The number of unbranched alkanes of at least 4 members (excludes halogenated alkanes) is 4. The van der Waals surface area contributed by atoms with Crippen LogP contribution >= 0.6 is 11.8 Å². The van der Waals surface area contributed by atoms with Crippen LogP contribution < -0.4 is 21.5 Å². The summed E-state index contributed by atoms with van der Waals surface area (Å²) in [5.74, 6) is 1.50. The molecular weight excluding hydrogens is 959 g/mol. The van der Waals surface area contributed by atoms with E-state index in [0.29, 0.717) is 86.5 Å². The average Bonchev–Trinajstić information content (AvgIpc) is 3.74. The van der Waals surface area contributed by atoms with Gasteiger partial charge in [-0.2, -0.15) is 16.9 Å². The summed E-state index contributed by atoms with van der Waals surface area (Å²) in [7, 11) is 3.08. The number of hydrogen-bond acceptors (Lipinski definition) is 12. The van der Waals surface area contributed by atoms with Crippen molar-refractivity contribution in [3.05, 3.63) is 124 Å². The standard InChI is InChI=1S/C56H73N9O8S/c1-38(2)34-64-35-46(43-18-13-14-19-44(43)52(64)68)60-55(71)59-45(54(70)73-5)25-31-74-30-15-8-6-7-12-20-47(66)57-33-40-21-23-42(24-22-40)51-49-50(61-62(51)4)53(69)65(37-58-49)36-56(72)26-28-63(29-27-56)48(67)32-39(3)41-16-10-9-11-17-41/h9-11,13-14,16-19,21-24,35,37-39,45,52,68,72H,6-8,12,15,20,25-34,36H2,1-5H3,(H,57,66)(H2,59,60,71)/t39-,45?,52?/m1/s1. The molecule has 1 fully saturated rings. The summed E-state index contributed by atoms with van der Waals surface area (Å²) >= 11 is 1.72. The molecule has 4 heterocycles. The van der Waals surface area contributed by atoms with Gasteiger partial charge in [0.1, 0.15) is 11.6 Å². The number of thioether (sulfide) groups is 1. The van der Waals surface area contributed by atoms with Crippen molar-refractivity contribution in [2.75, 3.05) is 38.2 Å². The first-order chi connectivity index (χ1) is 35.6. The Morgan fingerprint density at radius 2 is 1.59 bits per heavy atom. The number of rotatable bonds is 24. The highest BCUT2D eigenvalue weighted by atomic mass is 32.2. The largest absolute Gasteiger partial charge is 0.467 e. The number of amides is 4. The molecule has 2 aliphatic rings. The lowest BCUT2D eigenvalue weighted by atomic mass is 9.90. The number of carbonyl (C=O) groups excluding carboxylic acids is 4. The summed E-state index contributed by atoms with van der Waals surface area (Å²) in [6, 6.07) is 23.8. The summed E-state index contributed by atoms with van der Waals surface area (Å²) in [4.78, 5) is 73.6.